The summed E-state index contributed by atoms with van der Waals surface area (Å²) in [7, 11) is 0. The minimum Gasteiger partial charge on any atom is -0.396 e. The van der Waals surface area contributed by atoms with E-state index in [0.29, 0.717) is 5.92 Å². The fraction of sp³-hybridized carbons (Fsp3) is 0.636. The van der Waals surface area contributed by atoms with Gasteiger partial charge in [-0.1, -0.05) is 11.3 Å². The van der Waals surface area contributed by atoms with Crippen molar-refractivity contribution in [1.82, 2.24) is 14.6 Å². The third-order valence-electron chi connectivity index (χ3n) is 3.20. The molecule has 6 heteroatoms. The molecule has 1 N–H and O–H groups in total. The first-order valence-corrected chi connectivity index (χ1v) is 6.76. The first-order valence-electron chi connectivity index (χ1n) is 5.95. The summed E-state index contributed by atoms with van der Waals surface area (Å²) in [6.45, 7) is 4.19. The lowest BCUT2D eigenvalue weighted by Crippen LogP contribution is -2.36. The van der Waals surface area contributed by atoms with Crippen molar-refractivity contribution in [2.75, 3.05) is 24.6 Å². The number of hydrogen-bond acceptors (Lipinski definition) is 5. The Morgan fingerprint density at radius 3 is 3.24 bits per heavy atom. The van der Waals surface area contributed by atoms with E-state index in [1.54, 1.807) is 11.3 Å². The van der Waals surface area contributed by atoms with Crippen LogP contribution in [0.25, 0.3) is 4.96 Å². The molecule has 2 aromatic heterocycles. The first kappa shape index (κ1) is 11.0. The summed E-state index contributed by atoms with van der Waals surface area (Å²) < 4.78 is 1.85. The van der Waals surface area contributed by atoms with Crippen molar-refractivity contribution in [3.63, 3.8) is 0 Å². The van der Waals surface area contributed by atoms with Gasteiger partial charge in [0, 0.05) is 19.7 Å². The Kier molecular flexibility index (Phi) is 2.76. The van der Waals surface area contributed by atoms with Crippen molar-refractivity contribution in [3.05, 3.63) is 11.9 Å². The maximum atomic E-state index is 9.23. The van der Waals surface area contributed by atoms with Crippen LogP contribution in [-0.2, 0) is 0 Å². The third-order valence-corrected chi connectivity index (χ3v) is 4.18. The Hall–Kier alpha value is -1.14. The molecule has 1 saturated heterocycles. The molecule has 3 heterocycles. The molecule has 5 nitrogen and oxygen atoms in total. The van der Waals surface area contributed by atoms with Crippen LogP contribution in [0, 0.1) is 12.8 Å². The molecule has 0 bridgehead atoms. The van der Waals surface area contributed by atoms with Crippen LogP contribution in [0.1, 0.15) is 18.5 Å². The van der Waals surface area contributed by atoms with Gasteiger partial charge in [-0.2, -0.15) is 0 Å². The van der Waals surface area contributed by atoms with Crippen molar-refractivity contribution < 1.29 is 5.11 Å². The number of imidazole rings is 1. The normalized spacial score (nSPS) is 21.3. The van der Waals surface area contributed by atoms with Crippen molar-refractivity contribution >= 4 is 21.4 Å². The SMILES string of the molecule is Cc1cn2nc(N3CCC[C@@H](CO)C3)sc2n1. The number of anilines is 1. The highest BCUT2D eigenvalue weighted by Gasteiger charge is 2.22. The lowest BCUT2D eigenvalue weighted by atomic mass is 10.00. The number of nitrogens with zero attached hydrogens (tertiary/aromatic N) is 4. The minimum absolute atomic E-state index is 0.276. The topological polar surface area (TPSA) is 53.7 Å². The van der Waals surface area contributed by atoms with Crippen LogP contribution in [0.15, 0.2) is 6.20 Å². The van der Waals surface area contributed by atoms with Gasteiger partial charge in [-0.25, -0.2) is 9.50 Å². The molecule has 0 aliphatic carbocycles. The molecule has 92 valence electrons. The number of aryl methyl sites for hydroxylation is 1. The van der Waals surface area contributed by atoms with Crippen LogP contribution in [0.4, 0.5) is 5.13 Å². The fourth-order valence-corrected chi connectivity index (χ4v) is 3.28. The summed E-state index contributed by atoms with van der Waals surface area (Å²) >= 11 is 1.62. The highest BCUT2D eigenvalue weighted by atomic mass is 32.1. The first-order chi connectivity index (χ1) is 8.26. The average Bonchev–Trinajstić information content (AvgIpc) is 2.86. The maximum absolute atomic E-state index is 9.23. The van der Waals surface area contributed by atoms with E-state index in [0.717, 1.165) is 41.7 Å². The third kappa shape index (κ3) is 2.02. The van der Waals surface area contributed by atoms with E-state index in [9.17, 15) is 5.11 Å². The Labute approximate surface area is 104 Å². The van der Waals surface area contributed by atoms with Gasteiger partial charge in [0.05, 0.1) is 11.9 Å². The highest BCUT2D eigenvalue weighted by Crippen LogP contribution is 2.27. The second-order valence-electron chi connectivity index (χ2n) is 4.63. The van der Waals surface area contributed by atoms with Gasteiger partial charge < -0.3 is 10.0 Å². The highest BCUT2D eigenvalue weighted by molar-refractivity contribution is 7.20. The monoisotopic (exact) mass is 252 g/mol. The van der Waals surface area contributed by atoms with E-state index in [-0.39, 0.29) is 6.61 Å². The number of hydrogen-bond donors (Lipinski definition) is 1. The number of aromatic nitrogens is 3. The molecule has 1 aliphatic rings. The Morgan fingerprint density at radius 1 is 1.59 bits per heavy atom. The molecule has 0 radical (unpaired) electrons. The van der Waals surface area contributed by atoms with Crippen LogP contribution < -0.4 is 4.90 Å². The number of aliphatic hydroxyl groups is 1. The molecule has 0 spiro atoms. The molecule has 0 unspecified atom stereocenters. The summed E-state index contributed by atoms with van der Waals surface area (Å²) in [4.78, 5) is 7.62. The number of rotatable bonds is 2. The van der Waals surface area contributed by atoms with Gasteiger partial charge in [-0.3, -0.25) is 0 Å². The number of aliphatic hydroxyl groups excluding tert-OH is 1. The maximum Gasteiger partial charge on any atom is 0.214 e. The molecule has 17 heavy (non-hydrogen) atoms. The smallest absolute Gasteiger partial charge is 0.214 e. The van der Waals surface area contributed by atoms with Crippen LogP contribution >= 0.6 is 11.3 Å². The molecule has 0 saturated carbocycles. The summed E-state index contributed by atoms with van der Waals surface area (Å²) in [5.74, 6) is 0.390. The standard InChI is InChI=1S/C11H16N4OS/c1-8-5-15-10(12-8)17-11(13-15)14-4-2-3-9(6-14)7-16/h5,9,16H,2-4,6-7H2,1H3/t9-/m1/s1. The lowest BCUT2D eigenvalue weighted by Gasteiger charge is -2.31. The van der Waals surface area contributed by atoms with E-state index in [1.165, 1.54) is 0 Å². The predicted octanol–water partition coefficient (Wildman–Crippen LogP) is 1.31. The van der Waals surface area contributed by atoms with Crippen molar-refractivity contribution in [2.45, 2.75) is 19.8 Å². The van der Waals surface area contributed by atoms with Gasteiger partial charge in [0.25, 0.3) is 0 Å². The van der Waals surface area contributed by atoms with Crippen molar-refractivity contribution in [3.8, 4) is 0 Å². The second kappa shape index (κ2) is 4.27. The predicted molar refractivity (Wildman–Crippen MR) is 67.6 cm³/mol. The van der Waals surface area contributed by atoms with Crippen LogP contribution in [0.2, 0.25) is 0 Å². The summed E-state index contributed by atoms with van der Waals surface area (Å²) in [6.07, 6.45) is 4.20. The van der Waals surface area contributed by atoms with Crippen LogP contribution in [0.3, 0.4) is 0 Å². The van der Waals surface area contributed by atoms with Gasteiger partial charge in [-0.15, -0.1) is 5.10 Å². The van der Waals surface area contributed by atoms with E-state index < -0.39 is 0 Å². The van der Waals surface area contributed by atoms with E-state index in [2.05, 4.69) is 15.0 Å². The molecular weight excluding hydrogens is 236 g/mol. The van der Waals surface area contributed by atoms with E-state index in [4.69, 9.17) is 0 Å². The molecule has 1 aliphatic heterocycles. The lowest BCUT2D eigenvalue weighted by molar-refractivity contribution is 0.208. The van der Waals surface area contributed by atoms with Crippen LogP contribution in [-0.4, -0.2) is 39.4 Å². The van der Waals surface area contributed by atoms with Gasteiger partial charge in [0.1, 0.15) is 0 Å². The summed E-state index contributed by atoms with van der Waals surface area (Å²) in [5, 5.41) is 14.8. The largest absolute Gasteiger partial charge is 0.396 e. The quantitative estimate of drug-likeness (QED) is 0.875. The van der Waals surface area contributed by atoms with Gasteiger partial charge >= 0.3 is 0 Å². The molecule has 2 aromatic rings. The van der Waals surface area contributed by atoms with E-state index >= 15 is 0 Å². The average molecular weight is 252 g/mol. The number of fused-ring (bicyclic) bond motifs is 1. The molecule has 3 rings (SSSR count). The van der Waals surface area contributed by atoms with Gasteiger partial charge in [-0.05, 0) is 25.7 Å². The zero-order valence-electron chi connectivity index (χ0n) is 9.83. The molecule has 0 aromatic carbocycles. The zero-order chi connectivity index (χ0) is 11.8. The molecule has 1 fully saturated rings. The fourth-order valence-electron chi connectivity index (χ4n) is 2.31. The Bertz CT molecular complexity index is 489. The summed E-state index contributed by atoms with van der Waals surface area (Å²) in [5.41, 5.74) is 1.00. The van der Waals surface area contributed by atoms with Crippen LogP contribution in [0.5, 0.6) is 0 Å². The van der Waals surface area contributed by atoms with Gasteiger partial charge in [0.2, 0.25) is 10.1 Å². The number of piperidine rings is 1. The molecular formula is C11H16N4OS. The van der Waals surface area contributed by atoms with Crippen molar-refractivity contribution in [2.24, 2.45) is 5.92 Å². The Balaban J connectivity index is 1.84. The van der Waals surface area contributed by atoms with E-state index in [1.807, 2.05) is 17.6 Å². The zero-order valence-corrected chi connectivity index (χ0v) is 10.7. The summed E-state index contributed by atoms with van der Waals surface area (Å²) in [6, 6.07) is 0. The Morgan fingerprint density at radius 2 is 2.47 bits per heavy atom. The second-order valence-corrected chi connectivity index (χ2v) is 5.57. The molecule has 0 amide bonds. The molecule has 1 atom stereocenters. The van der Waals surface area contributed by atoms with Gasteiger partial charge in [0.15, 0.2) is 0 Å². The minimum atomic E-state index is 0.276. The van der Waals surface area contributed by atoms with Crippen molar-refractivity contribution in [1.29, 1.82) is 0 Å².